The molecule has 1 fully saturated rings. The fraction of sp³-hybridized carbons (Fsp3) is 0.320. The van der Waals surface area contributed by atoms with Gasteiger partial charge in [-0.2, -0.15) is 0 Å². The topological polar surface area (TPSA) is 76.8 Å². The van der Waals surface area contributed by atoms with Crippen molar-refractivity contribution in [2.45, 2.75) is 26.7 Å². The van der Waals surface area contributed by atoms with E-state index in [1.165, 1.54) is 0 Å². The summed E-state index contributed by atoms with van der Waals surface area (Å²) in [5.74, 6) is -0.0328. The van der Waals surface area contributed by atoms with Crippen LogP contribution in [0.5, 0.6) is 0 Å². The van der Waals surface area contributed by atoms with Crippen LogP contribution in [0.4, 0.5) is 0 Å². The third-order valence-corrected chi connectivity index (χ3v) is 5.74. The normalized spacial score (nSPS) is 16.3. The molecule has 6 nitrogen and oxygen atoms in total. The lowest BCUT2D eigenvalue weighted by Crippen LogP contribution is -2.41. The molecule has 160 valence electrons. The van der Waals surface area contributed by atoms with Crippen molar-refractivity contribution in [2.75, 3.05) is 19.7 Å². The van der Waals surface area contributed by atoms with Crippen LogP contribution in [0.15, 0.2) is 57.7 Å². The van der Waals surface area contributed by atoms with E-state index in [2.05, 4.69) is 6.92 Å². The average molecular weight is 419 g/mol. The summed E-state index contributed by atoms with van der Waals surface area (Å²) < 4.78 is 11.4. The molecule has 0 bridgehead atoms. The summed E-state index contributed by atoms with van der Waals surface area (Å²) >= 11 is 0. The van der Waals surface area contributed by atoms with Crippen LogP contribution in [0.25, 0.3) is 22.3 Å². The van der Waals surface area contributed by atoms with E-state index >= 15 is 0 Å². The zero-order valence-electron chi connectivity index (χ0n) is 17.7. The molecule has 6 heteroatoms. The molecule has 3 aromatic rings. The number of ether oxygens (including phenoxy) is 1. The predicted molar refractivity (Wildman–Crippen MR) is 118 cm³/mol. The van der Waals surface area contributed by atoms with E-state index in [-0.39, 0.29) is 29.1 Å². The van der Waals surface area contributed by atoms with Gasteiger partial charge in [-0.15, -0.1) is 0 Å². The van der Waals surface area contributed by atoms with Gasteiger partial charge in [-0.1, -0.05) is 43.3 Å². The number of fused-ring (bicyclic) bond motifs is 1. The highest BCUT2D eigenvalue weighted by Crippen LogP contribution is 2.27. The second-order valence-electron chi connectivity index (χ2n) is 8.10. The van der Waals surface area contributed by atoms with Gasteiger partial charge in [0.05, 0.1) is 5.39 Å². The lowest BCUT2D eigenvalue weighted by molar-refractivity contribution is -0.136. The Labute approximate surface area is 180 Å². The molecule has 0 spiro atoms. The number of piperidine rings is 1. The van der Waals surface area contributed by atoms with Gasteiger partial charge in [-0.05, 0) is 37.8 Å². The summed E-state index contributed by atoms with van der Waals surface area (Å²) in [5, 5.41) is 0.308. The van der Waals surface area contributed by atoms with E-state index in [0.29, 0.717) is 35.7 Å². The molecule has 2 heterocycles. The first kappa shape index (κ1) is 20.8. The van der Waals surface area contributed by atoms with Gasteiger partial charge < -0.3 is 14.1 Å². The molecule has 0 saturated carbocycles. The Hall–Kier alpha value is -3.41. The second-order valence-corrected chi connectivity index (χ2v) is 8.10. The first-order valence-electron chi connectivity index (χ1n) is 10.5. The van der Waals surface area contributed by atoms with E-state index in [0.717, 1.165) is 18.4 Å². The Morgan fingerprint density at radius 2 is 1.90 bits per heavy atom. The number of nitrogens with zero attached hydrogens (tertiary/aromatic N) is 1. The van der Waals surface area contributed by atoms with Gasteiger partial charge in [0.1, 0.15) is 11.3 Å². The van der Waals surface area contributed by atoms with Crippen molar-refractivity contribution < 1.29 is 18.7 Å². The van der Waals surface area contributed by atoms with E-state index in [9.17, 15) is 14.4 Å². The second kappa shape index (κ2) is 8.76. The molecule has 31 heavy (non-hydrogen) atoms. The number of amides is 1. The molecule has 1 aliphatic heterocycles. The molecule has 1 aliphatic rings. The highest BCUT2D eigenvalue weighted by Gasteiger charge is 2.24. The van der Waals surface area contributed by atoms with E-state index in [1.54, 1.807) is 30.0 Å². The Morgan fingerprint density at radius 3 is 2.65 bits per heavy atom. The molecule has 1 amide bonds. The molecule has 4 rings (SSSR count). The van der Waals surface area contributed by atoms with Gasteiger partial charge in [-0.3, -0.25) is 9.59 Å². The maximum atomic E-state index is 12.9. The summed E-state index contributed by atoms with van der Waals surface area (Å²) in [6.45, 7) is 4.85. The Bertz CT molecular complexity index is 1180. The summed E-state index contributed by atoms with van der Waals surface area (Å²) in [5.41, 5.74) is 1.32. The fourth-order valence-electron chi connectivity index (χ4n) is 4.05. The Balaban J connectivity index is 1.63. The van der Waals surface area contributed by atoms with Crippen LogP contribution in [0.1, 0.15) is 35.7 Å². The largest absolute Gasteiger partial charge is 0.455 e. The molecule has 2 aromatic carbocycles. The van der Waals surface area contributed by atoms with Crippen LogP contribution in [0, 0.1) is 12.8 Å². The minimum Gasteiger partial charge on any atom is -0.455 e. The summed E-state index contributed by atoms with van der Waals surface area (Å²) in [6.07, 6.45) is 2.05. The average Bonchev–Trinajstić information content (AvgIpc) is 2.79. The molecule has 1 saturated heterocycles. The maximum Gasteiger partial charge on any atom is 0.342 e. The fourth-order valence-corrected chi connectivity index (χ4v) is 4.05. The van der Waals surface area contributed by atoms with Gasteiger partial charge in [0, 0.05) is 24.2 Å². The van der Waals surface area contributed by atoms with Crippen molar-refractivity contribution in [2.24, 2.45) is 5.92 Å². The molecular weight excluding hydrogens is 394 g/mol. The lowest BCUT2D eigenvalue weighted by Gasteiger charge is -2.30. The molecular formula is C25H25NO5. The lowest BCUT2D eigenvalue weighted by atomic mass is 10.0. The number of carbonyl (C=O) groups excluding carboxylic acids is 2. The van der Waals surface area contributed by atoms with Gasteiger partial charge in [-0.25, -0.2) is 4.79 Å². The monoisotopic (exact) mass is 419 g/mol. The first-order valence-corrected chi connectivity index (χ1v) is 10.5. The number of hydrogen-bond donors (Lipinski definition) is 0. The number of rotatable bonds is 4. The van der Waals surface area contributed by atoms with Crippen LogP contribution in [-0.4, -0.2) is 36.5 Å². The van der Waals surface area contributed by atoms with Crippen LogP contribution in [0.3, 0.4) is 0 Å². The molecule has 0 aliphatic carbocycles. The number of carbonyl (C=O) groups is 2. The van der Waals surface area contributed by atoms with Gasteiger partial charge in [0.2, 0.25) is 0 Å². The predicted octanol–water partition coefficient (Wildman–Crippen LogP) is 4.18. The van der Waals surface area contributed by atoms with E-state index in [1.807, 2.05) is 30.3 Å². The number of likely N-dealkylation sites (tertiary alicyclic amines) is 1. The summed E-state index contributed by atoms with van der Waals surface area (Å²) in [6, 6.07) is 14.1. The quantitative estimate of drug-likeness (QED) is 0.593. The van der Waals surface area contributed by atoms with E-state index < -0.39 is 5.97 Å². The number of para-hydroxylation sites is 1. The van der Waals surface area contributed by atoms with Crippen LogP contribution in [0.2, 0.25) is 0 Å². The Kier molecular flexibility index (Phi) is 5.89. The molecule has 0 unspecified atom stereocenters. The standard InChI is InChI=1S/C25H25NO5/c1-16-8-7-13-26(14-16)21(27)15-30-25(29)20-12-6-11-19-22(28)17(2)23(31-24(19)20)18-9-4-3-5-10-18/h3-6,9-12,16H,7-8,13-15H2,1-2H3/t16-/m1/s1. The SMILES string of the molecule is Cc1c(-c2ccccc2)oc2c(C(=O)OCC(=O)N3CCC[C@@H](C)C3)cccc2c1=O. The van der Waals surface area contributed by atoms with Crippen molar-refractivity contribution in [3.05, 3.63) is 69.9 Å². The van der Waals surface area contributed by atoms with Crippen molar-refractivity contribution in [3.8, 4) is 11.3 Å². The molecule has 0 radical (unpaired) electrons. The van der Waals surface area contributed by atoms with Gasteiger partial charge >= 0.3 is 5.97 Å². The van der Waals surface area contributed by atoms with Gasteiger partial charge in [0.25, 0.3) is 5.91 Å². The number of esters is 1. The van der Waals surface area contributed by atoms with Crippen molar-refractivity contribution in [3.63, 3.8) is 0 Å². The third-order valence-electron chi connectivity index (χ3n) is 5.74. The minimum atomic E-state index is -0.685. The first-order chi connectivity index (χ1) is 15.0. The van der Waals surface area contributed by atoms with Gasteiger partial charge in [0.15, 0.2) is 17.6 Å². The van der Waals surface area contributed by atoms with Crippen LogP contribution >= 0.6 is 0 Å². The number of benzene rings is 2. The molecule has 1 atom stereocenters. The molecule has 1 aromatic heterocycles. The maximum absolute atomic E-state index is 12.9. The highest BCUT2D eigenvalue weighted by atomic mass is 16.5. The van der Waals surface area contributed by atoms with Crippen molar-refractivity contribution in [1.82, 2.24) is 4.90 Å². The third kappa shape index (κ3) is 4.24. The Morgan fingerprint density at radius 1 is 1.13 bits per heavy atom. The van der Waals surface area contributed by atoms with Crippen LogP contribution in [-0.2, 0) is 9.53 Å². The highest BCUT2D eigenvalue weighted by molar-refractivity contribution is 6.02. The summed E-state index contributed by atoms with van der Waals surface area (Å²) in [4.78, 5) is 39.9. The van der Waals surface area contributed by atoms with Crippen molar-refractivity contribution in [1.29, 1.82) is 0 Å². The van der Waals surface area contributed by atoms with Crippen molar-refractivity contribution >= 4 is 22.8 Å². The molecule has 0 N–H and O–H groups in total. The summed E-state index contributed by atoms with van der Waals surface area (Å²) in [7, 11) is 0. The van der Waals surface area contributed by atoms with Crippen LogP contribution < -0.4 is 5.43 Å². The van der Waals surface area contributed by atoms with E-state index in [4.69, 9.17) is 9.15 Å². The number of hydrogen-bond acceptors (Lipinski definition) is 5. The zero-order valence-corrected chi connectivity index (χ0v) is 17.7. The minimum absolute atomic E-state index is 0.131. The smallest absolute Gasteiger partial charge is 0.342 e. The zero-order chi connectivity index (χ0) is 22.0.